The Hall–Kier alpha value is -1.95. The molecule has 0 amide bonds. The highest BCUT2D eigenvalue weighted by molar-refractivity contribution is 14.1. The van der Waals surface area contributed by atoms with Crippen molar-refractivity contribution in [3.63, 3.8) is 0 Å². The zero-order chi connectivity index (χ0) is 14.8. The summed E-state index contributed by atoms with van der Waals surface area (Å²) in [7, 11) is 0. The van der Waals surface area contributed by atoms with Crippen molar-refractivity contribution in [2.45, 2.75) is 6.92 Å². The van der Waals surface area contributed by atoms with Gasteiger partial charge in [0.2, 0.25) is 0 Å². The highest BCUT2D eigenvalue weighted by Crippen LogP contribution is 2.23. The third-order valence-corrected chi connectivity index (χ3v) is 4.20. The lowest BCUT2D eigenvalue weighted by molar-refractivity contribution is 1.11. The van der Waals surface area contributed by atoms with Crippen LogP contribution in [0.2, 0.25) is 0 Å². The highest BCUT2D eigenvalue weighted by atomic mass is 127. The van der Waals surface area contributed by atoms with Crippen LogP contribution in [-0.4, -0.2) is 9.97 Å². The van der Waals surface area contributed by atoms with Gasteiger partial charge in [-0.2, -0.15) is 0 Å². The molecule has 3 rings (SSSR count). The summed E-state index contributed by atoms with van der Waals surface area (Å²) in [5.74, 6) is 0.600. The largest absolute Gasteiger partial charge is 0.306 e. The van der Waals surface area contributed by atoms with E-state index in [1.807, 2.05) is 84.1 Å². The van der Waals surface area contributed by atoms with Crippen LogP contribution < -0.4 is 5.56 Å². The predicted molar refractivity (Wildman–Crippen MR) is 93.2 cm³/mol. The lowest BCUT2D eigenvalue weighted by Crippen LogP contribution is -2.14. The molecule has 104 valence electrons. The van der Waals surface area contributed by atoms with E-state index < -0.39 is 0 Å². The summed E-state index contributed by atoms with van der Waals surface area (Å²) in [5, 5.41) is 0. The fraction of sp³-hybridized carbons (Fsp3) is 0.0588. The van der Waals surface area contributed by atoms with Gasteiger partial charge in [0.1, 0.15) is 9.39 Å². The van der Waals surface area contributed by atoms with Crippen molar-refractivity contribution < 1.29 is 0 Å². The second-order valence-electron chi connectivity index (χ2n) is 4.81. The van der Waals surface area contributed by atoms with Crippen molar-refractivity contribution in [2.24, 2.45) is 0 Å². The molecule has 2 aromatic carbocycles. The minimum Gasteiger partial charge on any atom is -0.306 e. The summed E-state index contributed by atoms with van der Waals surface area (Å²) in [6.45, 7) is 2.02. The smallest absolute Gasteiger partial charge is 0.265 e. The third kappa shape index (κ3) is 2.90. The van der Waals surface area contributed by atoms with E-state index in [0.29, 0.717) is 9.39 Å². The van der Waals surface area contributed by atoms with Crippen molar-refractivity contribution in [3.8, 4) is 22.6 Å². The number of aromatic amines is 1. The van der Waals surface area contributed by atoms with Gasteiger partial charge in [-0.05, 0) is 35.6 Å². The van der Waals surface area contributed by atoms with E-state index in [2.05, 4.69) is 9.97 Å². The maximum Gasteiger partial charge on any atom is 0.265 e. The number of halogens is 1. The number of nitrogens with zero attached hydrogens (tertiary/aromatic N) is 1. The number of aryl methyl sites for hydroxylation is 1. The first-order chi connectivity index (χ1) is 10.1. The van der Waals surface area contributed by atoms with Crippen LogP contribution in [0.3, 0.4) is 0 Å². The Morgan fingerprint density at radius 2 is 1.71 bits per heavy atom. The molecular formula is C17H13IN2O. The molecule has 0 radical (unpaired) electrons. The van der Waals surface area contributed by atoms with E-state index in [4.69, 9.17) is 0 Å². The van der Waals surface area contributed by atoms with Crippen LogP contribution >= 0.6 is 22.6 Å². The molecule has 0 spiro atoms. The van der Waals surface area contributed by atoms with Gasteiger partial charge in [-0.15, -0.1) is 0 Å². The molecular weight excluding hydrogens is 375 g/mol. The molecule has 4 heteroatoms. The van der Waals surface area contributed by atoms with E-state index >= 15 is 0 Å². The van der Waals surface area contributed by atoms with E-state index in [1.54, 1.807) is 0 Å². The number of aromatic nitrogens is 2. The first-order valence-corrected chi connectivity index (χ1v) is 7.65. The topological polar surface area (TPSA) is 45.8 Å². The molecule has 0 unspecified atom stereocenters. The minimum absolute atomic E-state index is 0.110. The zero-order valence-electron chi connectivity index (χ0n) is 11.4. The molecule has 0 atom stereocenters. The number of nitrogens with one attached hydrogen (secondary N) is 1. The SMILES string of the molecule is Cc1cccc(-c2nc(-c3ccccc3)c(I)c(=O)[nH]2)c1. The number of hydrogen-bond donors (Lipinski definition) is 1. The molecule has 0 aliphatic heterocycles. The Labute approximate surface area is 136 Å². The number of rotatable bonds is 2. The lowest BCUT2D eigenvalue weighted by Gasteiger charge is -2.07. The Bertz CT molecular complexity index is 841. The third-order valence-electron chi connectivity index (χ3n) is 3.20. The van der Waals surface area contributed by atoms with Gasteiger partial charge in [-0.1, -0.05) is 54.1 Å². The lowest BCUT2D eigenvalue weighted by atomic mass is 10.1. The summed E-state index contributed by atoms with van der Waals surface area (Å²) >= 11 is 2.04. The van der Waals surface area contributed by atoms with Crippen LogP contribution in [0.1, 0.15) is 5.56 Å². The molecule has 1 N–H and O–H groups in total. The molecule has 3 aromatic rings. The zero-order valence-corrected chi connectivity index (χ0v) is 13.6. The van der Waals surface area contributed by atoms with Crippen LogP contribution in [0.4, 0.5) is 0 Å². The second kappa shape index (κ2) is 5.81. The second-order valence-corrected chi connectivity index (χ2v) is 5.89. The van der Waals surface area contributed by atoms with Gasteiger partial charge in [-0.25, -0.2) is 4.98 Å². The Morgan fingerprint density at radius 1 is 1.00 bits per heavy atom. The van der Waals surface area contributed by atoms with Crippen molar-refractivity contribution in [1.82, 2.24) is 9.97 Å². The van der Waals surface area contributed by atoms with Gasteiger partial charge < -0.3 is 4.98 Å². The van der Waals surface area contributed by atoms with E-state index in [9.17, 15) is 4.79 Å². The summed E-state index contributed by atoms with van der Waals surface area (Å²) in [5.41, 5.74) is 3.61. The van der Waals surface area contributed by atoms with Gasteiger partial charge >= 0.3 is 0 Å². The normalized spacial score (nSPS) is 10.6. The van der Waals surface area contributed by atoms with Crippen LogP contribution in [0, 0.1) is 10.5 Å². The maximum absolute atomic E-state index is 12.2. The van der Waals surface area contributed by atoms with Gasteiger partial charge in [0.15, 0.2) is 0 Å². The highest BCUT2D eigenvalue weighted by Gasteiger charge is 2.11. The molecule has 0 aliphatic rings. The van der Waals surface area contributed by atoms with Crippen LogP contribution in [0.25, 0.3) is 22.6 Å². The van der Waals surface area contributed by atoms with E-state index in [0.717, 1.165) is 22.4 Å². The number of H-pyrrole nitrogens is 1. The Kier molecular flexibility index (Phi) is 3.88. The predicted octanol–water partition coefficient (Wildman–Crippen LogP) is 4.02. The van der Waals surface area contributed by atoms with Crippen molar-refractivity contribution >= 4 is 22.6 Å². The minimum atomic E-state index is -0.110. The maximum atomic E-state index is 12.2. The fourth-order valence-electron chi connectivity index (χ4n) is 2.18. The van der Waals surface area contributed by atoms with Crippen molar-refractivity contribution in [2.75, 3.05) is 0 Å². The number of benzene rings is 2. The van der Waals surface area contributed by atoms with Crippen LogP contribution in [0.5, 0.6) is 0 Å². The Balaban J connectivity index is 2.21. The van der Waals surface area contributed by atoms with Crippen molar-refractivity contribution in [3.05, 3.63) is 74.1 Å². The number of hydrogen-bond acceptors (Lipinski definition) is 2. The van der Waals surface area contributed by atoms with Crippen molar-refractivity contribution in [1.29, 1.82) is 0 Å². The summed E-state index contributed by atoms with van der Waals surface area (Å²) in [4.78, 5) is 19.7. The van der Waals surface area contributed by atoms with E-state index in [1.165, 1.54) is 0 Å². The molecule has 0 saturated carbocycles. The molecule has 21 heavy (non-hydrogen) atoms. The molecule has 0 fully saturated rings. The average Bonchev–Trinajstić information content (AvgIpc) is 2.51. The summed E-state index contributed by atoms with van der Waals surface area (Å²) in [6, 6.07) is 17.7. The first-order valence-electron chi connectivity index (χ1n) is 6.57. The Morgan fingerprint density at radius 3 is 2.43 bits per heavy atom. The molecule has 1 aromatic heterocycles. The first kappa shape index (κ1) is 14.0. The average molecular weight is 388 g/mol. The summed E-state index contributed by atoms with van der Waals surface area (Å²) in [6.07, 6.45) is 0. The molecule has 0 saturated heterocycles. The molecule has 0 aliphatic carbocycles. The summed E-state index contributed by atoms with van der Waals surface area (Å²) < 4.78 is 0.607. The van der Waals surface area contributed by atoms with Gasteiger partial charge in [-0.3, -0.25) is 4.79 Å². The quantitative estimate of drug-likeness (QED) is 0.675. The van der Waals surface area contributed by atoms with Crippen LogP contribution in [-0.2, 0) is 0 Å². The standard InChI is InChI=1S/C17H13IN2O/c1-11-6-5-9-13(10-11)16-19-15(14(18)17(21)20-16)12-7-3-2-4-8-12/h2-10H,1H3,(H,19,20,21). The molecule has 1 heterocycles. The monoisotopic (exact) mass is 388 g/mol. The molecule has 3 nitrogen and oxygen atoms in total. The van der Waals surface area contributed by atoms with Gasteiger partial charge in [0.05, 0.1) is 5.69 Å². The molecule has 0 bridgehead atoms. The van der Waals surface area contributed by atoms with Gasteiger partial charge in [0, 0.05) is 11.1 Å². The van der Waals surface area contributed by atoms with E-state index in [-0.39, 0.29) is 5.56 Å². The van der Waals surface area contributed by atoms with Gasteiger partial charge in [0.25, 0.3) is 5.56 Å². The van der Waals surface area contributed by atoms with Crippen LogP contribution in [0.15, 0.2) is 59.4 Å². The fourth-order valence-corrected chi connectivity index (χ4v) is 2.74.